The quantitative estimate of drug-likeness (QED) is 0.729. The van der Waals surface area contributed by atoms with Crippen LogP contribution in [0.5, 0.6) is 5.75 Å². The van der Waals surface area contributed by atoms with Crippen LogP contribution >= 0.6 is 0 Å². The van der Waals surface area contributed by atoms with Crippen LogP contribution in [0.4, 0.5) is 0 Å². The molecule has 74 valence electrons. The van der Waals surface area contributed by atoms with Crippen LogP contribution in [0.3, 0.4) is 0 Å². The Morgan fingerprint density at radius 1 is 1.57 bits per heavy atom. The number of ether oxygens (including phenoxy) is 1. The van der Waals surface area contributed by atoms with Crippen molar-refractivity contribution in [2.75, 3.05) is 13.7 Å². The topological polar surface area (TPSA) is 85.1 Å². The van der Waals surface area contributed by atoms with Crippen molar-refractivity contribution in [1.82, 2.24) is 0 Å². The maximum Gasteiger partial charge on any atom is 0.136 e. The lowest BCUT2D eigenvalue weighted by atomic mass is 10.0. The summed E-state index contributed by atoms with van der Waals surface area (Å²) >= 11 is 0. The summed E-state index contributed by atoms with van der Waals surface area (Å²) in [7, 11) is 1.53. The number of nitrogens with zero attached hydrogens (tertiary/aromatic N) is 1. The minimum atomic E-state index is -0.229. The normalized spacial score (nSPS) is 11.9. The molecular weight excluding hydrogens is 178 g/mol. The lowest BCUT2D eigenvalue weighted by Gasteiger charge is -2.10. The first kappa shape index (κ1) is 10.5. The van der Waals surface area contributed by atoms with Gasteiger partial charge in [-0.1, -0.05) is 6.07 Å². The Morgan fingerprint density at radius 3 is 2.79 bits per heavy atom. The summed E-state index contributed by atoms with van der Waals surface area (Å²) in [6.45, 7) is 0.358. The molecule has 0 saturated heterocycles. The van der Waals surface area contributed by atoms with Gasteiger partial charge in [-0.05, 0) is 17.7 Å². The first-order valence-corrected chi connectivity index (χ1v) is 4.26. The minimum Gasteiger partial charge on any atom is -0.495 e. The average Bonchev–Trinajstić information content (AvgIpc) is 2.26. The van der Waals surface area contributed by atoms with Gasteiger partial charge >= 0.3 is 0 Å². The molecule has 0 aliphatic carbocycles. The summed E-state index contributed by atoms with van der Waals surface area (Å²) in [6, 6.07) is 7.06. The van der Waals surface area contributed by atoms with Crippen LogP contribution in [0.1, 0.15) is 17.2 Å². The Kier molecular flexibility index (Phi) is 3.46. The Hall–Kier alpha value is -1.57. The Balaban J connectivity index is 3.09. The highest BCUT2D eigenvalue weighted by molar-refractivity contribution is 5.46. The van der Waals surface area contributed by atoms with Crippen LogP contribution in [0.25, 0.3) is 0 Å². The third kappa shape index (κ3) is 2.02. The number of benzene rings is 1. The number of hydrogen-bond acceptors (Lipinski definition) is 4. The number of methoxy groups -OCH3 is 1. The van der Waals surface area contributed by atoms with E-state index >= 15 is 0 Å². The van der Waals surface area contributed by atoms with Crippen LogP contribution in [0.2, 0.25) is 0 Å². The predicted octanol–water partition coefficient (Wildman–Crippen LogP) is 0.525. The molecule has 0 aliphatic rings. The predicted molar refractivity (Wildman–Crippen MR) is 53.7 cm³/mol. The second-order valence-corrected chi connectivity index (χ2v) is 2.91. The zero-order valence-electron chi connectivity index (χ0n) is 8.03. The van der Waals surface area contributed by atoms with Crippen molar-refractivity contribution >= 4 is 0 Å². The molecule has 1 atom stereocenters. The van der Waals surface area contributed by atoms with E-state index in [1.165, 1.54) is 7.11 Å². The largest absolute Gasteiger partial charge is 0.495 e. The Labute approximate surface area is 83.1 Å². The van der Waals surface area contributed by atoms with Gasteiger partial charge in [0, 0.05) is 12.6 Å². The standard InChI is InChI=1S/C10H13N3O/c1-14-10-3-2-7(9(13)6-12)4-8(10)5-11/h2-4,9H,6,12-13H2,1H3/t9-/m1/s1. The van der Waals surface area contributed by atoms with Crippen LogP contribution < -0.4 is 16.2 Å². The van der Waals surface area contributed by atoms with Gasteiger partial charge in [-0.2, -0.15) is 5.26 Å². The first-order valence-electron chi connectivity index (χ1n) is 4.26. The Morgan fingerprint density at radius 2 is 2.29 bits per heavy atom. The molecule has 0 bridgehead atoms. The van der Waals surface area contributed by atoms with Crippen LogP contribution in [-0.4, -0.2) is 13.7 Å². The molecule has 1 aromatic rings. The van der Waals surface area contributed by atoms with Gasteiger partial charge in [0.25, 0.3) is 0 Å². The van der Waals surface area contributed by atoms with Gasteiger partial charge < -0.3 is 16.2 Å². The summed E-state index contributed by atoms with van der Waals surface area (Å²) in [4.78, 5) is 0. The molecule has 0 radical (unpaired) electrons. The monoisotopic (exact) mass is 191 g/mol. The second-order valence-electron chi connectivity index (χ2n) is 2.91. The fourth-order valence-electron chi connectivity index (χ4n) is 1.18. The molecule has 0 spiro atoms. The van der Waals surface area contributed by atoms with E-state index in [2.05, 4.69) is 0 Å². The summed E-state index contributed by atoms with van der Waals surface area (Å²) < 4.78 is 5.01. The maximum absolute atomic E-state index is 8.83. The number of nitrogens with two attached hydrogens (primary N) is 2. The molecule has 0 aliphatic heterocycles. The van der Waals surface area contributed by atoms with Gasteiger partial charge in [0.15, 0.2) is 0 Å². The highest BCUT2D eigenvalue weighted by atomic mass is 16.5. The zero-order valence-corrected chi connectivity index (χ0v) is 8.03. The van der Waals surface area contributed by atoms with Crippen molar-refractivity contribution in [2.45, 2.75) is 6.04 Å². The van der Waals surface area contributed by atoms with Crippen molar-refractivity contribution < 1.29 is 4.74 Å². The van der Waals surface area contributed by atoms with Crippen LogP contribution in [0, 0.1) is 11.3 Å². The third-order valence-corrected chi connectivity index (χ3v) is 2.03. The molecule has 14 heavy (non-hydrogen) atoms. The van der Waals surface area contributed by atoms with Crippen LogP contribution in [0.15, 0.2) is 18.2 Å². The minimum absolute atomic E-state index is 0.229. The molecule has 0 amide bonds. The molecule has 0 aromatic heterocycles. The second kappa shape index (κ2) is 4.61. The SMILES string of the molecule is COc1ccc([C@H](N)CN)cc1C#N. The third-order valence-electron chi connectivity index (χ3n) is 2.03. The van der Waals surface area contributed by atoms with Gasteiger partial charge in [-0.3, -0.25) is 0 Å². The van der Waals surface area contributed by atoms with Crippen molar-refractivity contribution in [3.8, 4) is 11.8 Å². The van der Waals surface area contributed by atoms with E-state index in [0.717, 1.165) is 5.56 Å². The fourth-order valence-corrected chi connectivity index (χ4v) is 1.18. The summed E-state index contributed by atoms with van der Waals surface area (Å²) in [5.41, 5.74) is 12.5. The summed E-state index contributed by atoms with van der Waals surface area (Å²) in [6.07, 6.45) is 0. The highest BCUT2D eigenvalue weighted by Gasteiger charge is 2.07. The van der Waals surface area contributed by atoms with E-state index in [4.69, 9.17) is 21.5 Å². The van der Waals surface area contributed by atoms with Crippen molar-refractivity contribution in [3.63, 3.8) is 0 Å². The highest BCUT2D eigenvalue weighted by Crippen LogP contribution is 2.21. The van der Waals surface area contributed by atoms with Crippen molar-refractivity contribution in [2.24, 2.45) is 11.5 Å². The molecular formula is C10H13N3O. The van der Waals surface area contributed by atoms with E-state index in [1.807, 2.05) is 12.1 Å². The molecule has 0 unspecified atom stereocenters. The molecule has 4 N–H and O–H groups in total. The summed E-state index contributed by atoms with van der Waals surface area (Å²) in [5.74, 6) is 0.556. The number of rotatable bonds is 3. The van der Waals surface area contributed by atoms with Gasteiger partial charge in [0.05, 0.1) is 12.7 Å². The van der Waals surface area contributed by atoms with E-state index in [1.54, 1.807) is 12.1 Å². The Bertz CT molecular complexity index is 357. The smallest absolute Gasteiger partial charge is 0.136 e. The van der Waals surface area contributed by atoms with E-state index in [9.17, 15) is 0 Å². The van der Waals surface area contributed by atoms with E-state index < -0.39 is 0 Å². The maximum atomic E-state index is 8.83. The van der Waals surface area contributed by atoms with Crippen molar-refractivity contribution in [1.29, 1.82) is 5.26 Å². The molecule has 0 heterocycles. The van der Waals surface area contributed by atoms with Crippen molar-refractivity contribution in [3.05, 3.63) is 29.3 Å². The van der Waals surface area contributed by atoms with Gasteiger partial charge in [0.2, 0.25) is 0 Å². The van der Waals surface area contributed by atoms with Gasteiger partial charge in [0.1, 0.15) is 11.8 Å². The zero-order chi connectivity index (χ0) is 10.6. The average molecular weight is 191 g/mol. The molecule has 1 aromatic carbocycles. The van der Waals surface area contributed by atoms with Gasteiger partial charge in [-0.25, -0.2) is 0 Å². The van der Waals surface area contributed by atoms with Crippen LogP contribution in [-0.2, 0) is 0 Å². The number of hydrogen-bond donors (Lipinski definition) is 2. The van der Waals surface area contributed by atoms with Gasteiger partial charge in [-0.15, -0.1) is 0 Å². The molecule has 4 heteroatoms. The molecule has 0 saturated carbocycles. The molecule has 1 rings (SSSR count). The lowest BCUT2D eigenvalue weighted by molar-refractivity contribution is 0.413. The van der Waals surface area contributed by atoms with E-state index in [-0.39, 0.29) is 6.04 Å². The number of nitriles is 1. The fraction of sp³-hybridized carbons (Fsp3) is 0.300. The molecule has 4 nitrogen and oxygen atoms in total. The summed E-state index contributed by atoms with van der Waals surface area (Å²) in [5, 5.41) is 8.83. The first-order chi connectivity index (χ1) is 6.72. The van der Waals surface area contributed by atoms with E-state index in [0.29, 0.717) is 17.9 Å². The lowest BCUT2D eigenvalue weighted by Crippen LogP contribution is -2.20. The molecule has 0 fully saturated rings.